The molecule has 5 rings (SSSR count). The molecule has 24 heavy (non-hydrogen) atoms. The van der Waals surface area contributed by atoms with Gasteiger partial charge in [-0.1, -0.05) is 5.16 Å². The Kier molecular flexibility index (Phi) is 3.22. The Morgan fingerprint density at radius 1 is 1.25 bits per heavy atom. The lowest BCUT2D eigenvalue weighted by molar-refractivity contribution is -0.159. The van der Waals surface area contributed by atoms with Gasteiger partial charge in [0.15, 0.2) is 0 Å². The number of fused-ring (bicyclic) bond motifs is 2. The van der Waals surface area contributed by atoms with Gasteiger partial charge in [0.2, 0.25) is 12.2 Å². The molecular weight excluding hydrogens is 327 g/mol. The number of aromatic nitrogens is 3. The maximum atomic E-state index is 12.5. The van der Waals surface area contributed by atoms with Crippen LogP contribution in [0.15, 0.2) is 22.9 Å². The highest BCUT2D eigenvalue weighted by Gasteiger charge is 2.44. The lowest BCUT2D eigenvalue weighted by Gasteiger charge is -2.54. The largest absolute Gasteiger partial charge is 0.471 e. The molecule has 0 aliphatic carbocycles. The number of carbonyl (C=O) groups excluding carboxylic acids is 1. The predicted octanol–water partition coefficient (Wildman–Crippen LogP) is 1.57. The highest BCUT2D eigenvalue weighted by Crippen LogP contribution is 2.33. The van der Waals surface area contributed by atoms with Gasteiger partial charge in [-0.15, -0.1) is 0 Å². The molecular formula is C14H12F3N5O2. The van der Waals surface area contributed by atoms with Gasteiger partial charge in [-0.3, -0.25) is 4.79 Å². The van der Waals surface area contributed by atoms with Gasteiger partial charge in [0.05, 0.1) is 12.1 Å². The first-order valence-corrected chi connectivity index (χ1v) is 7.30. The van der Waals surface area contributed by atoms with Crippen molar-refractivity contribution in [1.29, 1.82) is 0 Å². The fourth-order valence-electron chi connectivity index (χ4n) is 3.16. The minimum atomic E-state index is -4.67. The van der Waals surface area contributed by atoms with Crippen LogP contribution in [0.4, 0.5) is 19.0 Å². The summed E-state index contributed by atoms with van der Waals surface area (Å²) >= 11 is 0. The Hall–Kier alpha value is -2.65. The number of hydrogen-bond acceptors (Lipinski definition) is 6. The molecule has 126 valence electrons. The van der Waals surface area contributed by atoms with Gasteiger partial charge in [0.1, 0.15) is 5.82 Å². The van der Waals surface area contributed by atoms with Crippen LogP contribution in [0.5, 0.6) is 0 Å². The fraction of sp³-hybridized carbons (Fsp3) is 0.429. The number of halogens is 3. The highest BCUT2D eigenvalue weighted by molar-refractivity contribution is 5.57. The summed E-state index contributed by atoms with van der Waals surface area (Å²) < 4.78 is 41.6. The van der Waals surface area contributed by atoms with E-state index < -0.39 is 12.1 Å². The van der Waals surface area contributed by atoms with Gasteiger partial charge in [0.25, 0.3) is 0 Å². The first kappa shape index (κ1) is 14.9. The van der Waals surface area contributed by atoms with Crippen molar-refractivity contribution in [2.75, 3.05) is 18.0 Å². The Morgan fingerprint density at radius 3 is 2.54 bits per heavy atom. The topological polar surface area (TPSA) is 75.4 Å². The third kappa shape index (κ3) is 2.38. The summed E-state index contributed by atoms with van der Waals surface area (Å²) in [5, 5.41) is 3.33. The second-order valence-corrected chi connectivity index (χ2v) is 5.83. The van der Waals surface area contributed by atoms with Gasteiger partial charge in [-0.2, -0.15) is 18.2 Å². The van der Waals surface area contributed by atoms with Gasteiger partial charge in [0, 0.05) is 24.8 Å². The molecule has 3 saturated heterocycles. The second-order valence-electron chi connectivity index (χ2n) is 5.83. The lowest BCUT2D eigenvalue weighted by Crippen LogP contribution is -2.68. The summed E-state index contributed by atoms with van der Waals surface area (Å²) in [7, 11) is 0. The van der Waals surface area contributed by atoms with E-state index in [2.05, 4.69) is 24.5 Å². The Balaban J connectivity index is 1.49. The maximum Gasteiger partial charge on any atom is 0.471 e. The van der Waals surface area contributed by atoms with E-state index in [1.165, 1.54) is 6.20 Å². The molecule has 7 nitrogen and oxygen atoms in total. The number of anilines is 1. The lowest BCUT2D eigenvalue weighted by atomic mass is 9.88. The molecule has 3 aliphatic heterocycles. The van der Waals surface area contributed by atoms with Crippen LogP contribution in [-0.2, 0) is 11.0 Å². The molecule has 2 atom stereocenters. The Labute approximate surface area is 134 Å². The minimum Gasteiger partial charge on any atom is -0.352 e. The van der Waals surface area contributed by atoms with Crippen LogP contribution in [0.1, 0.15) is 12.3 Å². The number of rotatable bonds is 3. The van der Waals surface area contributed by atoms with Crippen LogP contribution in [-0.4, -0.2) is 51.6 Å². The smallest absolute Gasteiger partial charge is 0.352 e. The molecule has 0 spiro atoms. The highest BCUT2D eigenvalue weighted by atomic mass is 19.4. The van der Waals surface area contributed by atoms with Crippen molar-refractivity contribution in [2.24, 2.45) is 0 Å². The standard InChI is InChI=1S/C14H12F3N5O2/c15-14(16,17)13-19-12(20-24-13)8-1-2-11(18-4-8)21-5-9-3-10(6-21)22(9)7-23/h1-2,4,7,9-10H,3,5-6H2. The van der Waals surface area contributed by atoms with E-state index in [0.717, 1.165) is 12.8 Å². The average molecular weight is 339 g/mol. The van der Waals surface area contributed by atoms with E-state index in [1.807, 2.05) is 4.90 Å². The molecule has 3 aliphatic rings. The van der Waals surface area contributed by atoms with E-state index >= 15 is 0 Å². The van der Waals surface area contributed by atoms with Crippen LogP contribution in [0.25, 0.3) is 11.4 Å². The first-order chi connectivity index (χ1) is 11.5. The molecule has 0 aromatic carbocycles. The van der Waals surface area contributed by atoms with Gasteiger partial charge in [-0.25, -0.2) is 4.98 Å². The molecule has 0 saturated carbocycles. The molecule has 2 unspecified atom stereocenters. The zero-order valence-electron chi connectivity index (χ0n) is 12.3. The van der Waals surface area contributed by atoms with E-state index in [9.17, 15) is 18.0 Å². The van der Waals surface area contributed by atoms with Crippen LogP contribution in [0.3, 0.4) is 0 Å². The summed E-state index contributed by atoms with van der Waals surface area (Å²) in [5.74, 6) is -0.833. The van der Waals surface area contributed by atoms with Crippen LogP contribution >= 0.6 is 0 Å². The van der Waals surface area contributed by atoms with Crippen molar-refractivity contribution in [3.8, 4) is 11.4 Å². The summed E-state index contributed by atoms with van der Waals surface area (Å²) in [5.41, 5.74) is 0.342. The number of alkyl halides is 3. The third-order valence-electron chi connectivity index (χ3n) is 4.37. The van der Waals surface area contributed by atoms with Crippen molar-refractivity contribution in [1.82, 2.24) is 20.0 Å². The number of nitrogens with zero attached hydrogens (tertiary/aromatic N) is 5. The maximum absolute atomic E-state index is 12.5. The molecule has 3 fully saturated rings. The van der Waals surface area contributed by atoms with Crippen molar-refractivity contribution >= 4 is 12.2 Å². The molecule has 1 amide bonds. The number of amides is 1. The normalized spacial score (nSPS) is 23.1. The van der Waals surface area contributed by atoms with E-state index in [0.29, 0.717) is 24.5 Å². The average Bonchev–Trinajstić information content (AvgIpc) is 3.06. The molecule has 10 heteroatoms. The van der Waals surface area contributed by atoms with Crippen molar-refractivity contribution in [3.63, 3.8) is 0 Å². The second kappa shape index (κ2) is 5.18. The number of piperazine rings is 1. The molecule has 5 heterocycles. The summed E-state index contributed by atoms with van der Waals surface area (Å²) in [4.78, 5) is 22.4. The van der Waals surface area contributed by atoms with E-state index in [4.69, 9.17) is 0 Å². The number of carbonyl (C=O) groups is 1. The van der Waals surface area contributed by atoms with Crippen LogP contribution < -0.4 is 4.90 Å². The summed E-state index contributed by atoms with van der Waals surface area (Å²) in [6.07, 6.45) is -1.38. The van der Waals surface area contributed by atoms with Crippen LogP contribution in [0, 0.1) is 0 Å². The SMILES string of the molecule is O=CN1C2CC1CN(c1ccc(-c3noc(C(F)(F)F)n3)cn1)C2. The van der Waals surface area contributed by atoms with Gasteiger partial charge < -0.3 is 14.3 Å². The van der Waals surface area contributed by atoms with Crippen molar-refractivity contribution < 1.29 is 22.5 Å². The van der Waals surface area contributed by atoms with Crippen LogP contribution in [0.2, 0.25) is 0 Å². The molecule has 0 radical (unpaired) electrons. The van der Waals surface area contributed by atoms with E-state index in [-0.39, 0.29) is 17.9 Å². The van der Waals surface area contributed by atoms with E-state index in [1.54, 1.807) is 12.1 Å². The summed E-state index contributed by atoms with van der Waals surface area (Å²) in [6.45, 7) is 1.39. The molecule has 2 aromatic rings. The monoisotopic (exact) mass is 339 g/mol. The molecule has 2 bridgehead atoms. The number of hydrogen-bond donors (Lipinski definition) is 0. The molecule has 0 N–H and O–H groups in total. The molecule has 2 aromatic heterocycles. The van der Waals surface area contributed by atoms with Crippen molar-refractivity contribution in [2.45, 2.75) is 24.7 Å². The zero-order valence-corrected chi connectivity index (χ0v) is 12.3. The quantitative estimate of drug-likeness (QED) is 0.790. The Morgan fingerprint density at radius 2 is 2.00 bits per heavy atom. The number of pyridine rings is 1. The minimum absolute atomic E-state index is 0.157. The van der Waals surface area contributed by atoms with Crippen molar-refractivity contribution in [3.05, 3.63) is 24.2 Å². The predicted molar refractivity (Wildman–Crippen MR) is 74.8 cm³/mol. The van der Waals surface area contributed by atoms with Gasteiger partial charge in [-0.05, 0) is 18.6 Å². The van der Waals surface area contributed by atoms with Gasteiger partial charge >= 0.3 is 12.1 Å². The third-order valence-corrected chi connectivity index (χ3v) is 4.37. The fourth-order valence-corrected chi connectivity index (χ4v) is 3.16. The summed E-state index contributed by atoms with van der Waals surface area (Å²) in [6, 6.07) is 3.71. The number of piperidine rings is 1. The Bertz CT molecular complexity index is 749. The first-order valence-electron chi connectivity index (χ1n) is 7.30. The zero-order chi connectivity index (χ0) is 16.9.